The quantitative estimate of drug-likeness (QED) is 0.871. The fraction of sp³-hybridized carbons (Fsp3) is 0.556. The molecule has 1 amide bonds. The fourth-order valence-electron chi connectivity index (χ4n) is 4.14. The summed E-state index contributed by atoms with van der Waals surface area (Å²) in [4.78, 5) is 25.7. The second-order valence-corrected chi connectivity index (χ2v) is 7.23. The topological polar surface area (TPSA) is 55.4 Å². The van der Waals surface area contributed by atoms with Crippen LogP contribution in [0, 0.1) is 23.7 Å². The number of hydrogen-bond acceptors (Lipinski definition) is 3. The van der Waals surface area contributed by atoms with Crippen molar-refractivity contribution in [3.05, 3.63) is 23.8 Å². The van der Waals surface area contributed by atoms with Crippen LogP contribution in [-0.2, 0) is 9.59 Å². The summed E-state index contributed by atoms with van der Waals surface area (Å²) in [6.45, 7) is 5.91. The molecule has 2 aliphatic rings. The zero-order chi connectivity index (χ0) is 16.1. The van der Waals surface area contributed by atoms with Gasteiger partial charge in [-0.15, -0.1) is 0 Å². The maximum atomic E-state index is 12.9. The molecular weight excluding hydrogens is 278 g/mol. The molecule has 2 saturated carbocycles. The van der Waals surface area contributed by atoms with Gasteiger partial charge in [0, 0.05) is 5.41 Å². The van der Waals surface area contributed by atoms with E-state index in [2.05, 4.69) is 5.32 Å². The lowest BCUT2D eigenvalue weighted by molar-refractivity contribution is -0.142. The lowest BCUT2D eigenvalue weighted by Crippen LogP contribution is -2.44. The Kier molecular flexibility index (Phi) is 3.31. The molecule has 0 aliphatic heterocycles. The Hall–Kier alpha value is -1.84. The molecule has 1 aromatic carbocycles. The predicted octanol–water partition coefficient (Wildman–Crippen LogP) is 3.34. The van der Waals surface area contributed by atoms with Crippen LogP contribution >= 0.6 is 0 Å². The molecule has 118 valence electrons. The third-order valence-corrected chi connectivity index (χ3v) is 5.59. The Balaban J connectivity index is 1.90. The molecule has 0 radical (unpaired) electrons. The van der Waals surface area contributed by atoms with Crippen LogP contribution in [0.3, 0.4) is 0 Å². The number of anilines is 1. The molecule has 2 bridgehead atoms. The largest absolute Gasteiger partial charge is 0.495 e. The van der Waals surface area contributed by atoms with Crippen LogP contribution in [0.25, 0.3) is 0 Å². The van der Waals surface area contributed by atoms with Crippen LogP contribution in [0.5, 0.6) is 5.75 Å². The third-order valence-electron chi connectivity index (χ3n) is 5.59. The number of nitrogens with one attached hydrogen (secondary N) is 1. The van der Waals surface area contributed by atoms with Gasteiger partial charge in [-0.25, -0.2) is 0 Å². The molecule has 3 rings (SSSR count). The van der Waals surface area contributed by atoms with Gasteiger partial charge >= 0.3 is 0 Å². The van der Waals surface area contributed by atoms with E-state index < -0.39 is 5.41 Å². The highest BCUT2D eigenvalue weighted by Crippen LogP contribution is 2.60. The first kappa shape index (κ1) is 15.1. The highest BCUT2D eigenvalue weighted by Gasteiger charge is 2.65. The Labute approximate surface area is 131 Å². The average Bonchev–Trinajstić information content (AvgIpc) is 2.99. The highest BCUT2D eigenvalue weighted by molar-refractivity contribution is 6.15. The van der Waals surface area contributed by atoms with Crippen LogP contribution in [0.2, 0.25) is 0 Å². The highest BCUT2D eigenvalue weighted by atomic mass is 16.5. The molecule has 0 heterocycles. The Morgan fingerprint density at radius 2 is 2.09 bits per heavy atom. The van der Waals surface area contributed by atoms with Crippen molar-refractivity contribution in [3.8, 4) is 5.75 Å². The lowest BCUT2D eigenvalue weighted by Gasteiger charge is -2.32. The van der Waals surface area contributed by atoms with E-state index in [1.807, 2.05) is 39.0 Å². The number of benzene rings is 1. The molecule has 22 heavy (non-hydrogen) atoms. The number of Topliss-reactive ketones (excluding diaryl/α,β-unsaturated/α-hetero) is 1. The summed E-state index contributed by atoms with van der Waals surface area (Å²) in [5.41, 5.74) is 0.452. The number of carbonyl (C=O) groups excluding carboxylic acids is 2. The van der Waals surface area contributed by atoms with Crippen LogP contribution in [0.15, 0.2) is 18.2 Å². The molecule has 2 unspecified atom stereocenters. The molecule has 0 saturated heterocycles. The van der Waals surface area contributed by atoms with Crippen molar-refractivity contribution in [2.45, 2.75) is 40.0 Å². The molecular formula is C18H23NO3. The first-order valence-electron chi connectivity index (χ1n) is 7.82. The standard InChI is InChI=1S/C18H23NO3/c1-11-5-6-14(22-4)13(9-11)19-16(21)18-8-7-12(10-18)17(2,3)15(18)20/h5-6,9,12H,7-8,10H2,1-4H3,(H,19,21). The van der Waals surface area contributed by atoms with Gasteiger partial charge in [0.05, 0.1) is 12.8 Å². The van der Waals surface area contributed by atoms with Crippen molar-refractivity contribution in [3.63, 3.8) is 0 Å². The molecule has 0 spiro atoms. The van der Waals surface area contributed by atoms with E-state index in [0.717, 1.165) is 12.0 Å². The van der Waals surface area contributed by atoms with Gasteiger partial charge in [-0.1, -0.05) is 19.9 Å². The number of rotatable bonds is 3. The van der Waals surface area contributed by atoms with Gasteiger partial charge in [0.25, 0.3) is 0 Å². The minimum atomic E-state index is -0.844. The van der Waals surface area contributed by atoms with E-state index in [9.17, 15) is 9.59 Å². The first-order chi connectivity index (χ1) is 10.3. The summed E-state index contributed by atoms with van der Waals surface area (Å²) in [6, 6.07) is 5.65. The number of ether oxygens (including phenoxy) is 1. The van der Waals surface area contributed by atoms with E-state index in [-0.39, 0.29) is 17.1 Å². The summed E-state index contributed by atoms with van der Waals surface area (Å²) in [5.74, 6) is 0.870. The van der Waals surface area contributed by atoms with Gasteiger partial charge < -0.3 is 10.1 Å². The number of fused-ring (bicyclic) bond motifs is 2. The number of methoxy groups -OCH3 is 1. The smallest absolute Gasteiger partial charge is 0.238 e. The van der Waals surface area contributed by atoms with E-state index >= 15 is 0 Å². The SMILES string of the molecule is COc1ccc(C)cc1NC(=O)C12CCC(C1)C(C)(C)C2=O. The molecule has 1 N–H and O–H groups in total. The van der Waals surface area contributed by atoms with Gasteiger partial charge in [-0.2, -0.15) is 0 Å². The van der Waals surface area contributed by atoms with Crippen LogP contribution in [0.4, 0.5) is 5.69 Å². The number of carbonyl (C=O) groups is 2. The molecule has 2 aliphatic carbocycles. The van der Waals surface area contributed by atoms with Crippen LogP contribution in [-0.4, -0.2) is 18.8 Å². The third kappa shape index (κ3) is 1.97. The van der Waals surface area contributed by atoms with Crippen molar-refractivity contribution in [1.82, 2.24) is 0 Å². The summed E-state index contributed by atoms with van der Waals surface area (Å²) < 4.78 is 5.31. The lowest BCUT2D eigenvalue weighted by atomic mass is 9.70. The first-order valence-corrected chi connectivity index (χ1v) is 7.82. The van der Waals surface area contributed by atoms with Gasteiger partial charge in [-0.05, 0) is 49.8 Å². The Bertz CT molecular complexity index is 650. The normalized spacial score (nSPS) is 28.7. The van der Waals surface area contributed by atoms with Crippen molar-refractivity contribution < 1.29 is 14.3 Å². The van der Waals surface area contributed by atoms with E-state index in [4.69, 9.17) is 4.74 Å². The van der Waals surface area contributed by atoms with E-state index in [1.54, 1.807) is 7.11 Å². The minimum absolute atomic E-state index is 0.0976. The summed E-state index contributed by atoms with van der Waals surface area (Å²) in [6.07, 6.45) is 2.30. The second-order valence-electron chi connectivity index (χ2n) is 7.23. The van der Waals surface area contributed by atoms with Gasteiger partial charge in [0.15, 0.2) is 5.78 Å². The summed E-state index contributed by atoms with van der Waals surface area (Å²) in [5, 5.41) is 2.95. The minimum Gasteiger partial charge on any atom is -0.495 e. The second kappa shape index (κ2) is 4.83. The van der Waals surface area contributed by atoms with Crippen molar-refractivity contribution in [2.24, 2.45) is 16.7 Å². The van der Waals surface area contributed by atoms with Gasteiger partial charge in [-0.3, -0.25) is 9.59 Å². The summed E-state index contributed by atoms with van der Waals surface area (Å²) >= 11 is 0. The Morgan fingerprint density at radius 1 is 1.36 bits per heavy atom. The number of amides is 1. The van der Waals surface area contributed by atoms with Gasteiger partial charge in [0.1, 0.15) is 11.2 Å². The van der Waals surface area contributed by atoms with E-state index in [0.29, 0.717) is 30.2 Å². The molecule has 4 nitrogen and oxygen atoms in total. The fourth-order valence-corrected chi connectivity index (χ4v) is 4.14. The average molecular weight is 301 g/mol. The van der Waals surface area contributed by atoms with Crippen LogP contribution in [0.1, 0.15) is 38.7 Å². The van der Waals surface area contributed by atoms with Gasteiger partial charge in [0.2, 0.25) is 5.91 Å². The molecule has 2 fully saturated rings. The molecule has 2 atom stereocenters. The monoisotopic (exact) mass is 301 g/mol. The predicted molar refractivity (Wildman–Crippen MR) is 84.9 cm³/mol. The van der Waals surface area contributed by atoms with Crippen LogP contribution < -0.4 is 10.1 Å². The van der Waals surface area contributed by atoms with Crippen molar-refractivity contribution in [1.29, 1.82) is 0 Å². The van der Waals surface area contributed by atoms with Crippen molar-refractivity contribution in [2.75, 3.05) is 12.4 Å². The number of aryl methyl sites for hydroxylation is 1. The zero-order valence-corrected chi connectivity index (χ0v) is 13.7. The molecule has 4 heteroatoms. The zero-order valence-electron chi connectivity index (χ0n) is 13.7. The maximum Gasteiger partial charge on any atom is 0.238 e. The van der Waals surface area contributed by atoms with E-state index in [1.165, 1.54) is 0 Å². The number of hydrogen-bond donors (Lipinski definition) is 1. The maximum absolute atomic E-state index is 12.9. The summed E-state index contributed by atoms with van der Waals surface area (Å²) in [7, 11) is 1.58. The molecule has 1 aromatic rings. The number of ketones is 1. The Morgan fingerprint density at radius 3 is 2.68 bits per heavy atom. The van der Waals surface area contributed by atoms with Crippen molar-refractivity contribution >= 4 is 17.4 Å². The molecule has 0 aromatic heterocycles.